The van der Waals surface area contributed by atoms with Crippen LogP contribution in [0.4, 0.5) is 0 Å². The summed E-state index contributed by atoms with van der Waals surface area (Å²) >= 11 is 0. The van der Waals surface area contributed by atoms with E-state index in [9.17, 15) is 19.5 Å². The summed E-state index contributed by atoms with van der Waals surface area (Å²) in [4.78, 5) is 38.1. The Labute approximate surface area is 143 Å². The van der Waals surface area contributed by atoms with Crippen LogP contribution in [-0.2, 0) is 9.59 Å². The monoisotopic (exact) mass is 346 g/mol. The summed E-state index contributed by atoms with van der Waals surface area (Å²) in [6.07, 6.45) is 2.08. The molecule has 4 rings (SSSR count). The number of likely N-dealkylation sites (tertiary alicyclic amines) is 1. The van der Waals surface area contributed by atoms with Crippen LogP contribution in [0.5, 0.6) is 11.5 Å². The number of carbonyl (C=O) groups excluding carboxylic acids is 2. The molecule has 25 heavy (non-hydrogen) atoms. The van der Waals surface area contributed by atoms with E-state index in [-0.39, 0.29) is 12.7 Å². The van der Waals surface area contributed by atoms with Crippen LogP contribution in [0.1, 0.15) is 36.0 Å². The van der Waals surface area contributed by atoms with Crippen molar-refractivity contribution in [2.75, 3.05) is 13.3 Å². The number of carbonyl (C=O) groups is 3. The van der Waals surface area contributed by atoms with Crippen molar-refractivity contribution in [3.05, 3.63) is 23.8 Å². The van der Waals surface area contributed by atoms with Crippen LogP contribution in [0.15, 0.2) is 18.2 Å². The van der Waals surface area contributed by atoms with Gasteiger partial charge in [0.25, 0.3) is 5.91 Å². The molecule has 0 aromatic heterocycles. The molecule has 132 valence electrons. The normalized spacial score (nSPS) is 22.6. The molecule has 1 aliphatic carbocycles. The summed E-state index contributed by atoms with van der Waals surface area (Å²) < 4.78 is 10.5. The molecular formula is C17H18N2O6. The van der Waals surface area contributed by atoms with Gasteiger partial charge in [-0.05, 0) is 43.9 Å². The summed E-state index contributed by atoms with van der Waals surface area (Å²) in [5.41, 5.74) is -0.726. The second kappa shape index (κ2) is 5.65. The van der Waals surface area contributed by atoms with E-state index < -0.39 is 23.5 Å². The molecule has 3 aliphatic rings. The first-order valence-corrected chi connectivity index (χ1v) is 8.26. The molecule has 2 amide bonds. The third-order valence-corrected chi connectivity index (χ3v) is 4.96. The second-order valence-corrected chi connectivity index (χ2v) is 6.60. The van der Waals surface area contributed by atoms with Crippen LogP contribution in [-0.4, -0.2) is 52.7 Å². The van der Waals surface area contributed by atoms with Gasteiger partial charge in [-0.25, -0.2) is 4.79 Å². The predicted octanol–water partition coefficient (Wildman–Crippen LogP) is 0.753. The number of hydrogen-bond acceptors (Lipinski definition) is 5. The number of amides is 2. The van der Waals surface area contributed by atoms with Gasteiger partial charge in [-0.1, -0.05) is 0 Å². The lowest BCUT2D eigenvalue weighted by Gasteiger charge is -2.25. The van der Waals surface area contributed by atoms with Gasteiger partial charge in [-0.2, -0.15) is 0 Å². The number of nitrogens with one attached hydrogen (secondary N) is 1. The Morgan fingerprint density at radius 2 is 1.96 bits per heavy atom. The van der Waals surface area contributed by atoms with Gasteiger partial charge in [-0.3, -0.25) is 9.59 Å². The fourth-order valence-electron chi connectivity index (χ4n) is 3.31. The molecule has 0 bridgehead atoms. The van der Waals surface area contributed by atoms with E-state index in [1.807, 2.05) is 0 Å². The van der Waals surface area contributed by atoms with Gasteiger partial charge in [0, 0.05) is 12.1 Å². The minimum absolute atomic E-state index is 0.124. The first-order chi connectivity index (χ1) is 12.0. The van der Waals surface area contributed by atoms with Crippen molar-refractivity contribution < 1.29 is 29.0 Å². The molecule has 8 heteroatoms. The van der Waals surface area contributed by atoms with E-state index in [4.69, 9.17) is 9.47 Å². The smallest absolute Gasteiger partial charge is 0.329 e. The molecule has 2 fully saturated rings. The number of benzene rings is 1. The SMILES string of the molecule is O=C(NC1(C(=O)O)CC1)[C@@H]1CCCN1C(=O)c1ccc2c(c1)OCO2. The van der Waals surface area contributed by atoms with Crippen molar-refractivity contribution in [2.45, 2.75) is 37.3 Å². The highest BCUT2D eigenvalue weighted by Gasteiger charge is 2.53. The highest BCUT2D eigenvalue weighted by molar-refractivity contribution is 5.99. The van der Waals surface area contributed by atoms with Crippen molar-refractivity contribution in [3.8, 4) is 11.5 Å². The number of aliphatic carboxylic acids is 1. The quantitative estimate of drug-likeness (QED) is 0.834. The van der Waals surface area contributed by atoms with Gasteiger partial charge < -0.3 is 24.8 Å². The molecule has 1 aromatic carbocycles. The Morgan fingerprint density at radius 1 is 1.20 bits per heavy atom. The number of fused-ring (bicyclic) bond motifs is 1. The molecular weight excluding hydrogens is 328 g/mol. The molecule has 1 aromatic rings. The number of rotatable bonds is 4. The zero-order valence-electron chi connectivity index (χ0n) is 13.5. The average Bonchev–Trinajstić information content (AvgIpc) is 3.03. The van der Waals surface area contributed by atoms with Crippen LogP contribution in [0.2, 0.25) is 0 Å². The van der Waals surface area contributed by atoms with Gasteiger partial charge in [0.15, 0.2) is 11.5 Å². The van der Waals surface area contributed by atoms with Crippen LogP contribution in [0.3, 0.4) is 0 Å². The Balaban J connectivity index is 1.50. The van der Waals surface area contributed by atoms with E-state index >= 15 is 0 Å². The number of nitrogens with zero attached hydrogens (tertiary/aromatic N) is 1. The van der Waals surface area contributed by atoms with Crippen LogP contribution in [0.25, 0.3) is 0 Å². The fraction of sp³-hybridized carbons (Fsp3) is 0.471. The first kappa shape index (κ1) is 15.7. The molecule has 1 saturated carbocycles. The van der Waals surface area contributed by atoms with Gasteiger partial charge in [0.05, 0.1) is 0 Å². The molecule has 0 radical (unpaired) electrons. The van der Waals surface area contributed by atoms with E-state index in [0.717, 1.165) is 0 Å². The molecule has 1 saturated heterocycles. The van der Waals surface area contributed by atoms with Crippen molar-refractivity contribution in [3.63, 3.8) is 0 Å². The van der Waals surface area contributed by atoms with Crippen molar-refractivity contribution in [1.82, 2.24) is 10.2 Å². The topological polar surface area (TPSA) is 105 Å². The Kier molecular flexibility index (Phi) is 3.55. The van der Waals surface area contributed by atoms with Crippen molar-refractivity contribution >= 4 is 17.8 Å². The minimum Gasteiger partial charge on any atom is -0.480 e. The molecule has 2 aliphatic heterocycles. The third kappa shape index (κ3) is 2.67. The average molecular weight is 346 g/mol. The van der Waals surface area contributed by atoms with Gasteiger partial charge in [0.1, 0.15) is 11.6 Å². The van der Waals surface area contributed by atoms with Crippen molar-refractivity contribution in [1.29, 1.82) is 0 Å². The Bertz CT molecular complexity index is 758. The summed E-state index contributed by atoms with van der Waals surface area (Å²) in [7, 11) is 0. The predicted molar refractivity (Wildman–Crippen MR) is 84.4 cm³/mol. The zero-order valence-corrected chi connectivity index (χ0v) is 13.5. The van der Waals surface area contributed by atoms with Gasteiger partial charge >= 0.3 is 5.97 Å². The maximum atomic E-state index is 12.8. The fourth-order valence-corrected chi connectivity index (χ4v) is 3.31. The number of carboxylic acids is 1. The maximum Gasteiger partial charge on any atom is 0.329 e. The number of ether oxygens (including phenoxy) is 2. The first-order valence-electron chi connectivity index (χ1n) is 8.26. The third-order valence-electron chi connectivity index (χ3n) is 4.96. The summed E-state index contributed by atoms with van der Waals surface area (Å²) in [6.45, 7) is 0.588. The molecule has 2 heterocycles. The van der Waals surface area contributed by atoms with E-state index in [1.165, 1.54) is 4.90 Å². The largest absolute Gasteiger partial charge is 0.480 e. The standard InChI is InChI=1S/C17H18N2O6/c20-14(18-17(5-6-17)16(22)23)11-2-1-7-19(11)15(21)10-3-4-12-13(8-10)25-9-24-12/h3-4,8,11H,1-2,5-7,9H2,(H,18,20)(H,22,23)/t11-/m0/s1. The molecule has 0 spiro atoms. The van der Waals surface area contributed by atoms with Gasteiger partial charge in [0.2, 0.25) is 12.7 Å². The van der Waals surface area contributed by atoms with Crippen LogP contribution in [0, 0.1) is 0 Å². The van der Waals surface area contributed by atoms with Crippen LogP contribution < -0.4 is 14.8 Å². The summed E-state index contributed by atoms with van der Waals surface area (Å²) in [5, 5.41) is 11.8. The van der Waals surface area contributed by atoms with E-state index in [0.29, 0.717) is 49.3 Å². The molecule has 2 N–H and O–H groups in total. The molecule has 1 atom stereocenters. The maximum absolute atomic E-state index is 12.8. The lowest BCUT2D eigenvalue weighted by Crippen LogP contribution is -2.52. The van der Waals surface area contributed by atoms with E-state index in [2.05, 4.69) is 5.32 Å². The van der Waals surface area contributed by atoms with Crippen molar-refractivity contribution in [2.24, 2.45) is 0 Å². The van der Waals surface area contributed by atoms with E-state index in [1.54, 1.807) is 18.2 Å². The Morgan fingerprint density at radius 3 is 2.68 bits per heavy atom. The lowest BCUT2D eigenvalue weighted by molar-refractivity contribution is -0.143. The zero-order chi connectivity index (χ0) is 17.6. The highest BCUT2D eigenvalue weighted by atomic mass is 16.7. The molecule has 8 nitrogen and oxygen atoms in total. The minimum atomic E-state index is -1.15. The second-order valence-electron chi connectivity index (χ2n) is 6.60. The van der Waals surface area contributed by atoms with Gasteiger partial charge in [-0.15, -0.1) is 0 Å². The summed E-state index contributed by atoms with van der Waals surface area (Å²) in [6, 6.07) is 4.28. The van der Waals surface area contributed by atoms with Crippen LogP contribution >= 0.6 is 0 Å². The number of carboxylic acid groups (broad SMARTS) is 1. The highest BCUT2D eigenvalue weighted by Crippen LogP contribution is 2.36. The Hall–Kier alpha value is -2.77. The summed E-state index contributed by atoms with van der Waals surface area (Å²) in [5.74, 6) is -0.589. The number of hydrogen-bond donors (Lipinski definition) is 2. The molecule has 0 unspecified atom stereocenters. The lowest BCUT2D eigenvalue weighted by atomic mass is 10.1.